The van der Waals surface area contributed by atoms with Gasteiger partial charge in [0.25, 0.3) is 5.91 Å². The van der Waals surface area contributed by atoms with Crippen molar-refractivity contribution in [3.8, 4) is 5.75 Å². The largest absolute Gasteiger partial charge is 0.479 e. The monoisotopic (exact) mass is 306 g/mol. The van der Waals surface area contributed by atoms with E-state index in [1.54, 1.807) is 31.0 Å². The number of likely N-dealkylation sites (N-methyl/N-ethyl adjacent to an activating group) is 2. The van der Waals surface area contributed by atoms with Gasteiger partial charge in [0, 0.05) is 20.1 Å². The molecule has 1 N–H and O–H groups in total. The van der Waals surface area contributed by atoms with Crippen LogP contribution in [0.3, 0.4) is 0 Å². The zero-order valence-electron chi connectivity index (χ0n) is 11.4. The topological polar surface area (TPSA) is 41.6 Å². The quantitative estimate of drug-likeness (QED) is 0.876. The van der Waals surface area contributed by atoms with Gasteiger partial charge in [0.1, 0.15) is 5.75 Å². The third-order valence-electron chi connectivity index (χ3n) is 2.56. The molecule has 1 aromatic rings. The molecule has 1 amide bonds. The molecule has 0 aromatic heterocycles. The molecule has 0 saturated carbocycles. The van der Waals surface area contributed by atoms with E-state index < -0.39 is 6.10 Å². The van der Waals surface area contributed by atoms with Crippen LogP contribution in [0.1, 0.15) is 6.92 Å². The van der Waals surface area contributed by atoms with Crippen LogP contribution in [0.25, 0.3) is 0 Å². The number of para-hydroxylation sites is 1. The van der Waals surface area contributed by atoms with Crippen LogP contribution in [0.2, 0.25) is 5.02 Å². The minimum atomic E-state index is -0.549. The first kappa shape index (κ1) is 18.0. The number of carbonyl (C=O) groups excluding carboxylic acids is 1. The molecule has 108 valence electrons. The third kappa shape index (κ3) is 5.68. The van der Waals surface area contributed by atoms with Crippen molar-refractivity contribution in [2.75, 3.05) is 27.2 Å². The first-order chi connectivity index (χ1) is 8.56. The zero-order valence-corrected chi connectivity index (χ0v) is 12.9. The van der Waals surface area contributed by atoms with Gasteiger partial charge in [-0.2, -0.15) is 0 Å². The van der Waals surface area contributed by atoms with E-state index in [0.717, 1.165) is 6.54 Å². The Morgan fingerprint density at radius 2 is 2.11 bits per heavy atom. The normalized spacial score (nSPS) is 11.4. The van der Waals surface area contributed by atoms with E-state index in [1.807, 2.05) is 19.2 Å². The summed E-state index contributed by atoms with van der Waals surface area (Å²) in [6.45, 7) is 3.12. The fourth-order valence-corrected chi connectivity index (χ4v) is 1.66. The lowest BCUT2D eigenvalue weighted by molar-refractivity contribution is -0.136. The van der Waals surface area contributed by atoms with Crippen LogP contribution in [0, 0.1) is 0 Å². The second-order valence-corrected chi connectivity index (χ2v) is 4.46. The fraction of sp³-hybridized carbons (Fsp3) is 0.462. The highest BCUT2D eigenvalue weighted by molar-refractivity contribution is 6.32. The van der Waals surface area contributed by atoms with Crippen LogP contribution < -0.4 is 10.1 Å². The number of nitrogens with one attached hydrogen (secondary N) is 1. The average molecular weight is 307 g/mol. The van der Waals surface area contributed by atoms with Crippen molar-refractivity contribution >= 4 is 29.9 Å². The maximum atomic E-state index is 12.0. The number of hydrogen-bond donors (Lipinski definition) is 1. The van der Waals surface area contributed by atoms with Gasteiger partial charge in [-0.15, -0.1) is 12.4 Å². The molecule has 1 aromatic carbocycles. The smallest absolute Gasteiger partial charge is 0.263 e. The summed E-state index contributed by atoms with van der Waals surface area (Å²) in [4.78, 5) is 13.6. The zero-order chi connectivity index (χ0) is 13.5. The number of carbonyl (C=O) groups is 1. The fourth-order valence-electron chi connectivity index (χ4n) is 1.48. The highest BCUT2D eigenvalue weighted by atomic mass is 35.5. The van der Waals surface area contributed by atoms with Crippen molar-refractivity contribution in [2.45, 2.75) is 13.0 Å². The summed E-state index contributed by atoms with van der Waals surface area (Å²) < 4.78 is 5.56. The Bertz CT molecular complexity index is 402. The van der Waals surface area contributed by atoms with E-state index >= 15 is 0 Å². The Morgan fingerprint density at radius 3 is 2.68 bits per heavy atom. The summed E-state index contributed by atoms with van der Waals surface area (Å²) in [5.74, 6) is 0.465. The van der Waals surface area contributed by atoms with Gasteiger partial charge in [0.05, 0.1) is 5.02 Å². The van der Waals surface area contributed by atoms with Crippen molar-refractivity contribution in [1.29, 1.82) is 0 Å². The Morgan fingerprint density at radius 1 is 1.47 bits per heavy atom. The van der Waals surface area contributed by atoms with Gasteiger partial charge in [-0.05, 0) is 26.1 Å². The van der Waals surface area contributed by atoms with E-state index in [1.165, 1.54) is 0 Å². The summed E-state index contributed by atoms with van der Waals surface area (Å²) in [7, 11) is 3.61. The number of rotatable bonds is 6. The molecule has 0 aliphatic carbocycles. The van der Waals surface area contributed by atoms with Gasteiger partial charge >= 0.3 is 0 Å². The lowest BCUT2D eigenvalue weighted by atomic mass is 10.3. The Balaban J connectivity index is 0.00000324. The minimum Gasteiger partial charge on any atom is -0.479 e. The molecule has 0 bridgehead atoms. The van der Waals surface area contributed by atoms with Gasteiger partial charge < -0.3 is 15.0 Å². The number of benzene rings is 1. The number of halogens is 2. The van der Waals surface area contributed by atoms with E-state index in [4.69, 9.17) is 16.3 Å². The van der Waals surface area contributed by atoms with E-state index in [-0.39, 0.29) is 18.3 Å². The van der Waals surface area contributed by atoms with Gasteiger partial charge in [-0.1, -0.05) is 23.7 Å². The molecular weight excluding hydrogens is 287 g/mol. The summed E-state index contributed by atoms with van der Waals surface area (Å²) in [6.07, 6.45) is -0.549. The van der Waals surface area contributed by atoms with E-state index in [2.05, 4.69) is 5.32 Å². The predicted molar refractivity (Wildman–Crippen MR) is 80.4 cm³/mol. The maximum Gasteiger partial charge on any atom is 0.263 e. The van der Waals surface area contributed by atoms with Crippen LogP contribution in [-0.2, 0) is 4.79 Å². The van der Waals surface area contributed by atoms with Gasteiger partial charge in [-0.3, -0.25) is 4.79 Å². The highest BCUT2D eigenvalue weighted by Gasteiger charge is 2.19. The molecule has 6 heteroatoms. The number of hydrogen-bond acceptors (Lipinski definition) is 3. The molecule has 4 nitrogen and oxygen atoms in total. The molecule has 19 heavy (non-hydrogen) atoms. The maximum absolute atomic E-state index is 12.0. The second kappa shape index (κ2) is 9.02. The van der Waals surface area contributed by atoms with Gasteiger partial charge in [0.2, 0.25) is 0 Å². The lowest BCUT2D eigenvalue weighted by Crippen LogP contribution is -2.40. The molecule has 1 rings (SSSR count). The van der Waals surface area contributed by atoms with Crippen molar-refractivity contribution in [1.82, 2.24) is 10.2 Å². The van der Waals surface area contributed by atoms with Crippen LogP contribution in [-0.4, -0.2) is 44.1 Å². The second-order valence-electron chi connectivity index (χ2n) is 4.05. The molecule has 1 unspecified atom stereocenters. The first-order valence-electron chi connectivity index (χ1n) is 5.87. The Kier molecular flexibility index (Phi) is 8.56. The van der Waals surface area contributed by atoms with E-state index in [0.29, 0.717) is 17.3 Å². The standard InChI is InChI=1S/C13H19ClN2O2.ClH/c1-10(13(17)16(3)9-8-15-2)18-12-7-5-4-6-11(12)14;/h4-7,10,15H,8-9H2,1-3H3;1H. The highest BCUT2D eigenvalue weighted by Crippen LogP contribution is 2.24. The molecule has 0 radical (unpaired) electrons. The number of amides is 1. The van der Waals surface area contributed by atoms with Crippen molar-refractivity contribution in [3.63, 3.8) is 0 Å². The van der Waals surface area contributed by atoms with Crippen LogP contribution in [0.4, 0.5) is 0 Å². The SMILES string of the molecule is CNCCN(C)C(=O)C(C)Oc1ccccc1Cl.Cl. The Hall–Kier alpha value is -0.970. The minimum absolute atomic E-state index is 0. The molecule has 0 heterocycles. The van der Waals surface area contributed by atoms with Crippen molar-refractivity contribution in [3.05, 3.63) is 29.3 Å². The molecule has 0 aliphatic rings. The number of ether oxygens (including phenoxy) is 1. The summed E-state index contributed by atoms with van der Waals surface area (Å²) in [6, 6.07) is 7.13. The molecule has 0 fully saturated rings. The van der Waals surface area contributed by atoms with Gasteiger partial charge in [0.15, 0.2) is 6.10 Å². The molecule has 0 aliphatic heterocycles. The molecule has 0 spiro atoms. The summed E-state index contributed by atoms with van der Waals surface area (Å²) in [5, 5.41) is 3.50. The Labute approximate surface area is 125 Å². The summed E-state index contributed by atoms with van der Waals surface area (Å²) in [5.41, 5.74) is 0. The van der Waals surface area contributed by atoms with E-state index in [9.17, 15) is 4.79 Å². The molecule has 0 saturated heterocycles. The number of nitrogens with zero attached hydrogens (tertiary/aromatic N) is 1. The van der Waals surface area contributed by atoms with Crippen LogP contribution in [0.5, 0.6) is 5.75 Å². The van der Waals surface area contributed by atoms with Crippen molar-refractivity contribution < 1.29 is 9.53 Å². The van der Waals surface area contributed by atoms with Crippen LogP contribution >= 0.6 is 24.0 Å². The molecular formula is C13H20Cl2N2O2. The van der Waals surface area contributed by atoms with Gasteiger partial charge in [-0.25, -0.2) is 0 Å². The average Bonchev–Trinajstić information content (AvgIpc) is 2.37. The van der Waals surface area contributed by atoms with Crippen LogP contribution in [0.15, 0.2) is 24.3 Å². The third-order valence-corrected chi connectivity index (χ3v) is 2.87. The first-order valence-corrected chi connectivity index (χ1v) is 6.24. The predicted octanol–water partition coefficient (Wildman–Crippen LogP) is 2.21. The summed E-state index contributed by atoms with van der Waals surface area (Å²) >= 11 is 5.98. The van der Waals surface area contributed by atoms with Crippen molar-refractivity contribution in [2.24, 2.45) is 0 Å². The lowest BCUT2D eigenvalue weighted by Gasteiger charge is -2.22. The molecule has 1 atom stereocenters.